The third-order valence-electron chi connectivity index (χ3n) is 2.94. The third-order valence-corrected chi connectivity index (χ3v) is 2.94. The lowest BCUT2D eigenvalue weighted by molar-refractivity contribution is -0.131. The van der Waals surface area contributed by atoms with E-state index in [4.69, 9.17) is 5.11 Å². The van der Waals surface area contributed by atoms with E-state index >= 15 is 0 Å². The zero-order chi connectivity index (χ0) is 14.0. The Kier molecular flexibility index (Phi) is 3.46. The van der Waals surface area contributed by atoms with Gasteiger partial charge in [0, 0.05) is 18.9 Å². The number of hydrogen-bond donors (Lipinski definition) is 1. The average molecular weight is 259 g/mol. The summed E-state index contributed by atoms with van der Waals surface area (Å²) in [5.74, 6) is -1.48. The van der Waals surface area contributed by atoms with Crippen LogP contribution in [0, 0.1) is 6.92 Å². The lowest BCUT2D eigenvalue weighted by Gasteiger charge is -2.17. The highest BCUT2D eigenvalue weighted by molar-refractivity contribution is 6.20. The van der Waals surface area contributed by atoms with Crippen LogP contribution in [-0.4, -0.2) is 22.9 Å². The molecule has 1 heterocycles. The van der Waals surface area contributed by atoms with Gasteiger partial charge in [-0.25, -0.2) is 4.79 Å². The van der Waals surface area contributed by atoms with Gasteiger partial charge < -0.3 is 5.11 Å². The Hall–Kier alpha value is -2.43. The Balaban J connectivity index is 2.40. The molecule has 0 unspecified atom stereocenters. The van der Waals surface area contributed by atoms with E-state index < -0.39 is 5.97 Å². The van der Waals surface area contributed by atoms with Gasteiger partial charge in [0.1, 0.15) is 0 Å². The van der Waals surface area contributed by atoms with E-state index in [2.05, 4.69) is 0 Å². The van der Waals surface area contributed by atoms with Crippen molar-refractivity contribution in [3.8, 4) is 0 Å². The van der Waals surface area contributed by atoms with Crippen LogP contribution in [0.25, 0.3) is 6.08 Å². The zero-order valence-corrected chi connectivity index (χ0v) is 10.4. The first-order chi connectivity index (χ1) is 8.99. The molecular formula is C14H13NO4. The monoisotopic (exact) mass is 259 g/mol. The van der Waals surface area contributed by atoms with Crippen molar-refractivity contribution >= 4 is 29.5 Å². The molecule has 1 saturated heterocycles. The van der Waals surface area contributed by atoms with E-state index in [0.717, 1.165) is 11.6 Å². The van der Waals surface area contributed by atoms with Gasteiger partial charge in [-0.1, -0.05) is 12.1 Å². The van der Waals surface area contributed by atoms with Gasteiger partial charge in [-0.2, -0.15) is 0 Å². The van der Waals surface area contributed by atoms with Gasteiger partial charge in [0.05, 0.1) is 5.69 Å². The fraction of sp³-hybridized carbons (Fsp3) is 0.214. The van der Waals surface area contributed by atoms with Gasteiger partial charge >= 0.3 is 5.97 Å². The van der Waals surface area contributed by atoms with Gasteiger partial charge in [0.25, 0.3) is 0 Å². The molecule has 1 aliphatic rings. The molecule has 0 atom stereocenters. The summed E-state index contributed by atoms with van der Waals surface area (Å²) in [6.45, 7) is 1.80. The maximum absolute atomic E-state index is 11.7. The Bertz CT molecular complexity index is 573. The zero-order valence-electron chi connectivity index (χ0n) is 10.4. The molecule has 1 aliphatic heterocycles. The molecule has 2 amide bonds. The van der Waals surface area contributed by atoms with E-state index in [1.165, 1.54) is 11.0 Å². The molecule has 0 aromatic heterocycles. The summed E-state index contributed by atoms with van der Waals surface area (Å²) in [7, 11) is 0. The summed E-state index contributed by atoms with van der Waals surface area (Å²) < 4.78 is 0. The van der Waals surface area contributed by atoms with Gasteiger partial charge in [-0.05, 0) is 30.2 Å². The van der Waals surface area contributed by atoms with Crippen LogP contribution in [0.3, 0.4) is 0 Å². The second kappa shape index (κ2) is 5.06. The van der Waals surface area contributed by atoms with Crippen LogP contribution in [-0.2, 0) is 14.4 Å². The summed E-state index contributed by atoms with van der Waals surface area (Å²) >= 11 is 0. The quantitative estimate of drug-likeness (QED) is 0.662. The Morgan fingerprint density at radius 1 is 1.26 bits per heavy atom. The maximum atomic E-state index is 11.7. The summed E-state index contributed by atoms with van der Waals surface area (Å²) in [5, 5.41) is 8.59. The molecule has 1 fully saturated rings. The number of nitrogens with zero attached hydrogens (tertiary/aromatic N) is 1. The Morgan fingerprint density at radius 2 is 1.89 bits per heavy atom. The number of carboxylic acids is 1. The number of carbonyl (C=O) groups excluding carboxylic acids is 2. The first-order valence-electron chi connectivity index (χ1n) is 5.86. The van der Waals surface area contributed by atoms with Crippen molar-refractivity contribution in [3.05, 3.63) is 35.4 Å². The Labute approximate surface area is 110 Å². The van der Waals surface area contributed by atoms with Gasteiger partial charge in [-0.3, -0.25) is 14.5 Å². The van der Waals surface area contributed by atoms with Crippen LogP contribution >= 0.6 is 0 Å². The van der Waals surface area contributed by atoms with Crippen molar-refractivity contribution < 1.29 is 19.5 Å². The molecule has 0 aliphatic carbocycles. The predicted molar refractivity (Wildman–Crippen MR) is 69.6 cm³/mol. The van der Waals surface area contributed by atoms with Crippen LogP contribution in [0.5, 0.6) is 0 Å². The fourth-order valence-electron chi connectivity index (χ4n) is 1.98. The van der Waals surface area contributed by atoms with E-state index in [-0.39, 0.29) is 24.7 Å². The number of carbonyl (C=O) groups is 3. The number of amides is 2. The van der Waals surface area contributed by atoms with Crippen LogP contribution in [0.15, 0.2) is 24.3 Å². The van der Waals surface area contributed by atoms with Gasteiger partial charge in [0.15, 0.2) is 0 Å². The van der Waals surface area contributed by atoms with E-state index in [0.29, 0.717) is 11.3 Å². The molecule has 0 radical (unpaired) electrons. The predicted octanol–water partition coefficient (Wildman–Crippen LogP) is 1.75. The lowest BCUT2D eigenvalue weighted by Crippen LogP contribution is -2.29. The van der Waals surface area contributed by atoms with Gasteiger partial charge in [0.2, 0.25) is 11.8 Å². The van der Waals surface area contributed by atoms with Crippen LogP contribution in [0.1, 0.15) is 24.0 Å². The second-order valence-corrected chi connectivity index (χ2v) is 4.34. The molecule has 5 heteroatoms. The molecule has 0 saturated carbocycles. The molecule has 19 heavy (non-hydrogen) atoms. The number of hydrogen-bond acceptors (Lipinski definition) is 3. The molecule has 98 valence electrons. The van der Waals surface area contributed by atoms with E-state index in [9.17, 15) is 14.4 Å². The number of aryl methyl sites for hydroxylation is 1. The molecule has 1 aromatic carbocycles. The number of carboxylic acid groups (broad SMARTS) is 1. The summed E-state index contributed by atoms with van der Waals surface area (Å²) in [5.41, 5.74) is 1.96. The number of rotatable bonds is 3. The van der Waals surface area contributed by atoms with Crippen molar-refractivity contribution in [2.24, 2.45) is 0 Å². The summed E-state index contributed by atoms with van der Waals surface area (Å²) in [6, 6.07) is 5.15. The topological polar surface area (TPSA) is 74.7 Å². The molecule has 0 spiro atoms. The molecule has 1 N–H and O–H groups in total. The Morgan fingerprint density at radius 3 is 2.47 bits per heavy atom. The minimum absolute atomic E-state index is 0.215. The summed E-state index contributed by atoms with van der Waals surface area (Å²) in [4.78, 5) is 35.1. The highest BCUT2D eigenvalue weighted by atomic mass is 16.4. The number of aliphatic carboxylic acids is 1. The van der Waals surface area contributed by atoms with Crippen molar-refractivity contribution in [1.29, 1.82) is 0 Å². The smallest absolute Gasteiger partial charge is 0.328 e. The SMILES string of the molecule is Cc1ccc(/C=C/C(=O)O)cc1N1C(=O)CCC1=O. The number of imide groups is 1. The van der Waals surface area contributed by atoms with Crippen LogP contribution in [0.4, 0.5) is 5.69 Å². The van der Waals surface area contributed by atoms with E-state index in [1.807, 2.05) is 0 Å². The molecule has 5 nitrogen and oxygen atoms in total. The molecule has 2 rings (SSSR count). The minimum atomic E-state index is -1.05. The van der Waals surface area contributed by atoms with Crippen molar-refractivity contribution in [1.82, 2.24) is 0 Å². The fourth-order valence-corrected chi connectivity index (χ4v) is 1.98. The molecule has 0 bridgehead atoms. The van der Waals surface area contributed by atoms with Crippen molar-refractivity contribution in [2.45, 2.75) is 19.8 Å². The highest BCUT2D eigenvalue weighted by Gasteiger charge is 2.31. The van der Waals surface area contributed by atoms with Crippen molar-refractivity contribution in [2.75, 3.05) is 4.90 Å². The lowest BCUT2D eigenvalue weighted by atomic mass is 10.1. The molecule has 1 aromatic rings. The van der Waals surface area contributed by atoms with E-state index in [1.54, 1.807) is 25.1 Å². The van der Waals surface area contributed by atoms with Crippen LogP contribution in [0.2, 0.25) is 0 Å². The highest BCUT2D eigenvalue weighted by Crippen LogP contribution is 2.27. The second-order valence-electron chi connectivity index (χ2n) is 4.34. The number of anilines is 1. The van der Waals surface area contributed by atoms with Gasteiger partial charge in [-0.15, -0.1) is 0 Å². The first kappa shape index (κ1) is 13.0. The average Bonchev–Trinajstić information content (AvgIpc) is 2.68. The standard InChI is InChI=1S/C14H13NO4/c1-9-2-3-10(4-7-14(18)19)8-11(9)15-12(16)5-6-13(15)17/h2-4,7-8H,5-6H2,1H3,(H,18,19)/b7-4+. The third kappa shape index (κ3) is 2.70. The largest absolute Gasteiger partial charge is 0.478 e. The normalized spacial score (nSPS) is 15.5. The number of benzene rings is 1. The van der Waals surface area contributed by atoms with Crippen molar-refractivity contribution in [3.63, 3.8) is 0 Å². The van der Waals surface area contributed by atoms with Crippen LogP contribution < -0.4 is 4.90 Å². The maximum Gasteiger partial charge on any atom is 0.328 e. The molecular weight excluding hydrogens is 246 g/mol. The minimum Gasteiger partial charge on any atom is -0.478 e. The summed E-state index contributed by atoms with van der Waals surface area (Å²) in [6.07, 6.45) is 2.90. The first-order valence-corrected chi connectivity index (χ1v) is 5.86.